The second kappa shape index (κ2) is 6.14. The van der Waals surface area contributed by atoms with E-state index >= 15 is 0 Å². The van der Waals surface area contributed by atoms with E-state index in [0.717, 1.165) is 16.8 Å². The smallest absolute Gasteiger partial charge is 0.229 e. The highest BCUT2D eigenvalue weighted by Gasteiger charge is 2.19. The number of pyridine rings is 1. The third-order valence-electron chi connectivity index (χ3n) is 3.10. The fraction of sp³-hybridized carbons (Fsp3) is 0.267. The summed E-state index contributed by atoms with van der Waals surface area (Å²) in [6.45, 7) is 3.77. The summed E-state index contributed by atoms with van der Waals surface area (Å²) >= 11 is 0. The van der Waals surface area contributed by atoms with Crippen LogP contribution in [0.5, 0.6) is 0 Å². The van der Waals surface area contributed by atoms with Crippen LogP contribution in [0.2, 0.25) is 0 Å². The van der Waals surface area contributed by atoms with Gasteiger partial charge in [0.2, 0.25) is 6.54 Å². The zero-order valence-corrected chi connectivity index (χ0v) is 11.5. The molecule has 1 heterocycles. The Labute approximate surface area is 117 Å². The molecule has 1 aromatic carbocycles. The first-order chi connectivity index (χ1) is 9.56. The maximum Gasteiger partial charge on any atom is 0.229 e. The van der Waals surface area contributed by atoms with E-state index in [1.807, 2.05) is 38.1 Å². The lowest BCUT2D eigenvalue weighted by atomic mass is 10.1. The monoisotopic (exact) mass is 271 g/mol. The summed E-state index contributed by atoms with van der Waals surface area (Å²) in [4.78, 5) is 14.8. The molecule has 0 amide bonds. The van der Waals surface area contributed by atoms with Gasteiger partial charge < -0.3 is 5.32 Å². The molecule has 20 heavy (non-hydrogen) atoms. The average molecular weight is 271 g/mol. The minimum atomic E-state index is -0.438. The Bertz CT molecular complexity index is 599. The first-order valence-corrected chi connectivity index (χ1v) is 6.43. The fourth-order valence-corrected chi connectivity index (χ4v) is 2.02. The molecule has 1 atom stereocenters. The van der Waals surface area contributed by atoms with E-state index in [2.05, 4.69) is 10.3 Å². The largest absolute Gasteiger partial charge is 0.371 e. The maximum atomic E-state index is 10.9. The van der Waals surface area contributed by atoms with E-state index in [-0.39, 0.29) is 11.5 Å². The summed E-state index contributed by atoms with van der Waals surface area (Å²) in [5.41, 5.74) is 3.74. The second-order valence-electron chi connectivity index (χ2n) is 4.79. The predicted octanol–water partition coefficient (Wildman–Crippen LogP) is 3.13. The van der Waals surface area contributed by atoms with Crippen molar-refractivity contribution >= 4 is 5.69 Å². The Morgan fingerprint density at radius 3 is 2.75 bits per heavy atom. The van der Waals surface area contributed by atoms with Gasteiger partial charge in [-0.25, -0.2) is 0 Å². The van der Waals surface area contributed by atoms with Gasteiger partial charge in [-0.2, -0.15) is 0 Å². The number of aromatic nitrogens is 1. The van der Waals surface area contributed by atoms with Crippen LogP contribution in [0.3, 0.4) is 0 Å². The third kappa shape index (κ3) is 3.54. The molecule has 2 rings (SSSR count). The van der Waals surface area contributed by atoms with Gasteiger partial charge in [0, 0.05) is 16.8 Å². The van der Waals surface area contributed by atoms with Gasteiger partial charge in [-0.15, -0.1) is 0 Å². The van der Waals surface area contributed by atoms with Crippen molar-refractivity contribution in [2.24, 2.45) is 0 Å². The molecule has 0 fully saturated rings. The number of nitrogens with zero attached hydrogens (tertiary/aromatic N) is 2. The standard InChI is InChI=1S/C15H17N3O2/c1-11-6-7-12(2)14(9-11)17-15(10-18(19)20)13-5-3-4-8-16-13/h3-9,15,17H,10H2,1-2H3. The van der Waals surface area contributed by atoms with E-state index in [9.17, 15) is 10.1 Å². The number of hydrogen-bond acceptors (Lipinski definition) is 4. The zero-order chi connectivity index (χ0) is 14.5. The molecule has 0 saturated heterocycles. The van der Waals surface area contributed by atoms with Crippen molar-refractivity contribution in [1.82, 2.24) is 4.98 Å². The highest BCUT2D eigenvalue weighted by atomic mass is 16.6. The van der Waals surface area contributed by atoms with Gasteiger partial charge in [-0.1, -0.05) is 18.2 Å². The van der Waals surface area contributed by atoms with Crippen LogP contribution in [0, 0.1) is 24.0 Å². The Balaban J connectivity index is 2.28. The van der Waals surface area contributed by atoms with Crippen molar-refractivity contribution < 1.29 is 4.92 Å². The number of anilines is 1. The molecule has 5 nitrogen and oxygen atoms in total. The molecule has 1 N–H and O–H groups in total. The lowest BCUT2D eigenvalue weighted by molar-refractivity contribution is -0.482. The maximum absolute atomic E-state index is 10.9. The molecular formula is C15H17N3O2. The van der Waals surface area contributed by atoms with Crippen LogP contribution in [0.4, 0.5) is 5.69 Å². The molecule has 0 aliphatic carbocycles. The minimum Gasteiger partial charge on any atom is -0.371 e. The Morgan fingerprint density at radius 1 is 1.30 bits per heavy atom. The van der Waals surface area contributed by atoms with Crippen LogP contribution in [0.1, 0.15) is 22.9 Å². The zero-order valence-electron chi connectivity index (χ0n) is 11.5. The molecule has 0 radical (unpaired) electrons. The number of nitrogens with one attached hydrogen (secondary N) is 1. The van der Waals surface area contributed by atoms with Gasteiger partial charge in [0.25, 0.3) is 0 Å². The van der Waals surface area contributed by atoms with Gasteiger partial charge >= 0.3 is 0 Å². The predicted molar refractivity (Wildman–Crippen MR) is 78.4 cm³/mol. The summed E-state index contributed by atoms with van der Waals surface area (Å²) in [6.07, 6.45) is 1.65. The molecule has 104 valence electrons. The van der Waals surface area contributed by atoms with E-state index in [1.165, 1.54) is 0 Å². The topological polar surface area (TPSA) is 68.1 Å². The average Bonchev–Trinajstić information content (AvgIpc) is 2.42. The van der Waals surface area contributed by atoms with Crippen LogP contribution in [-0.4, -0.2) is 16.5 Å². The van der Waals surface area contributed by atoms with Crippen LogP contribution < -0.4 is 5.32 Å². The third-order valence-corrected chi connectivity index (χ3v) is 3.10. The van der Waals surface area contributed by atoms with Gasteiger partial charge in [-0.3, -0.25) is 15.1 Å². The highest BCUT2D eigenvalue weighted by Crippen LogP contribution is 2.22. The molecule has 0 spiro atoms. The molecule has 2 aromatic rings. The van der Waals surface area contributed by atoms with Gasteiger partial charge in [0.1, 0.15) is 6.04 Å². The highest BCUT2D eigenvalue weighted by molar-refractivity contribution is 5.53. The molecule has 0 aliphatic heterocycles. The Hall–Kier alpha value is -2.43. The van der Waals surface area contributed by atoms with E-state index in [4.69, 9.17) is 0 Å². The summed E-state index contributed by atoms with van der Waals surface area (Å²) in [5, 5.41) is 14.1. The van der Waals surface area contributed by atoms with Crippen molar-refractivity contribution in [2.45, 2.75) is 19.9 Å². The minimum absolute atomic E-state index is 0.204. The van der Waals surface area contributed by atoms with Gasteiger partial charge in [-0.05, 0) is 43.2 Å². The molecule has 0 bridgehead atoms. The summed E-state index contributed by atoms with van der Waals surface area (Å²) in [6, 6.07) is 11.0. The van der Waals surface area contributed by atoms with Crippen molar-refractivity contribution in [3.8, 4) is 0 Å². The molecule has 0 aliphatic rings. The van der Waals surface area contributed by atoms with Gasteiger partial charge in [0.15, 0.2) is 0 Å². The molecule has 1 aromatic heterocycles. The lowest BCUT2D eigenvalue weighted by Crippen LogP contribution is -2.21. The number of benzene rings is 1. The normalized spacial score (nSPS) is 11.9. The first kappa shape index (κ1) is 14.0. The van der Waals surface area contributed by atoms with Crippen LogP contribution in [-0.2, 0) is 0 Å². The summed E-state index contributed by atoms with van der Waals surface area (Å²) < 4.78 is 0. The Kier molecular flexibility index (Phi) is 4.30. The van der Waals surface area contributed by atoms with Crippen LogP contribution >= 0.6 is 0 Å². The van der Waals surface area contributed by atoms with Gasteiger partial charge in [0.05, 0.1) is 5.69 Å². The van der Waals surface area contributed by atoms with E-state index < -0.39 is 6.04 Å². The summed E-state index contributed by atoms with van der Waals surface area (Å²) in [7, 11) is 0. The molecule has 5 heteroatoms. The molecular weight excluding hydrogens is 254 g/mol. The molecule has 0 saturated carbocycles. The number of aryl methyl sites for hydroxylation is 2. The molecule has 1 unspecified atom stereocenters. The van der Waals surface area contributed by atoms with Crippen molar-refractivity contribution in [3.05, 3.63) is 69.5 Å². The van der Waals surface area contributed by atoms with Crippen molar-refractivity contribution in [1.29, 1.82) is 0 Å². The number of nitro groups is 1. The lowest BCUT2D eigenvalue weighted by Gasteiger charge is -2.17. The first-order valence-electron chi connectivity index (χ1n) is 6.43. The summed E-state index contributed by atoms with van der Waals surface area (Å²) in [5.74, 6) is 0. The SMILES string of the molecule is Cc1ccc(C)c(NC(C[N+](=O)[O-])c2ccccn2)c1. The van der Waals surface area contributed by atoms with E-state index in [0.29, 0.717) is 5.69 Å². The van der Waals surface area contributed by atoms with Crippen molar-refractivity contribution in [3.63, 3.8) is 0 Å². The fourth-order valence-electron chi connectivity index (χ4n) is 2.02. The number of hydrogen-bond donors (Lipinski definition) is 1. The second-order valence-corrected chi connectivity index (χ2v) is 4.79. The van der Waals surface area contributed by atoms with Crippen molar-refractivity contribution in [2.75, 3.05) is 11.9 Å². The Morgan fingerprint density at radius 2 is 2.10 bits per heavy atom. The quantitative estimate of drug-likeness (QED) is 0.670. The van der Waals surface area contributed by atoms with Crippen LogP contribution in [0.15, 0.2) is 42.6 Å². The van der Waals surface area contributed by atoms with E-state index in [1.54, 1.807) is 18.3 Å². The van der Waals surface area contributed by atoms with Crippen LogP contribution in [0.25, 0.3) is 0 Å². The number of rotatable bonds is 5.